The van der Waals surface area contributed by atoms with Crippen LogP contribution in [0.25, 0.3) is 0 Å². The van der Waals surface area contributed by atoms with Gasteiger partial charge in [-0.25, -0.2) is 0 Å². The molecule has 2 aromatic heterocycles. The van der Waals surface area contributed by atoms with Crippen molar-refractivity contribution in [3.05, 3.63) is 52.3 Å². The first-order valence-electron chi connectivity index (χ1n) is 6.31. The summed E-state index contributed by atoms with van der Waals surface area (Å²) in [5.74, 6) is 0. The molecular weight excluding hydrogens is 295 g/mol. The molecule has 0 aliphatic carbocycles. The minimum absolute atomic E-state index is 0.298. The van der Waals surface area contributed by atoms with Gasteiger partial charge in [-0.15, -0.1) is 0 Å². The Hall–Kier alpha value is -1.23. The van der Waals surface area contributed by atoms with Crippen molar-refractivity contribution in [1.29, 1.82) is 0 Å². The molecule has 0 aliphatic rings. The van der Waals surface area contributed by atoms with E-state index in [1.165, 1.54) is 0 Å². The van der Waals surface area contributed by atoms with E-state index in [0.717, 1.165) is 17.7 Å². The first kappa shape index (κ1) is 15.2. The fourth-order valence-corrected chi connectivity index (χ4v) is 2.37. The fraction of sp³-hybridized carbons (Fsp3) is 0.357. The number of aromatic nitrogens is 3. The maximum absolute atomic E-state index is 6.14. The molecule has 20 heavy (non-hydrogen) atoms. The summed E-state index contributed by atoms with van der Waals surface area (Å²) in [4.78, 5) is 14.5. The Balaban J connectivity index is 2.02. The quantitative estimate of drug-likeness (QED) is 0.850. The average Bonchev–Trinajstić information content (AvgIpc) is 2.44. The van der Waals surface area contributed by atoms with Crippen molar-refractivity contribution < 1.29 is 0 Å². The third-order valence-corrected chi connectivity index (χ3v) is 3.88. The number of pyridine rings is 1. The normalized spacial score (nSPS) is 12.7. The number of hydrogen-bond donors (Lipinski definition) is 0. The second kappa shape index (κ2) is 6.97. The smallest absolute Gasteiger partial charge is 0.0649 e. The second-order valence-corrected chi connectivity index (χ2v) is 5.56. The summed E-state index contributed by atoms with van der Waals surface area (Å²) in [7, 11) is 2.04. The number of hydrogen-bond acceptors (Lipinski definition) is 4. The van der Waals surface area contributed by atoms with E-state index in [2.05, 4.69) is 26.8 Å². The molecule has 1 atom stereocenters. The monoisotopic (exact) mass is 310 g/mol. The van der Waals surface area contributed by atoms with Gasteiger partial charge >= 0.3 is 0 Å². The van der Waals surface area contributed by atoms with Crippen LogP contribution < -0.4 is 0 Å². The van der Waals surface area contributed by atoms with Gasteiger partial charge in [-0.05, 0) is 14.0 Å². The van der Waals surface area contributed by atoms with Crippen molar-refractivity contribution in [2.75, 3.05) is 7.05 Å². The van der Waals surface area contributed by atoms with Gasteiger partial charge in [0.25, 0.3) is 0 Å². The number of nitrogens with zero attached hydrogens (tertiary/aromatic N) is 4. The van der Waals surface area contributed by atoms with Crippen LogP contribution in [-0.2, 0) is 13.0 Å². The predicted molar refractivity (Wildman–Crippen MR) is 80.9 cm³/mol. The largest absolute Gasteiger partial charge is 0.299 e. The summed E-state index contributed by atoms with van der Waals surface area (Å²) in [5.41, 5.74) is 1.87. The molecule has 2 rings (SSSR count). The van der Waals surface area contributed by atoms with E-state index in [9.17, 15) is 0 Å². The van der Waals surface area contributed by atoms with Crippen molar-refractivity contribution in [1.82, 2.24) is 19.9 Å². The molecule has 0 unspecified atom stereocenters. The zero-order chi connectivity index (χ0) is 14.5. The van der Waals surface area contributed by atoms with Gasteiger partial charge in [0.05, 0.1) is 15.7 Å². The Kier molecular flexibility index (Phi) is 5.29. The molecule has 0 N–H and O–H groups in total. The van der Waals surface area contributed by atoms with Crippen LogP contribution >= 0.6 is 23.2 Å². The van der Waals surface area contributed by atoms with E-state index in [4.69, 9.17) is 23.2 Å². The van der Waals surface area contributed by atoms with Crippen LogP contribution in [0.15, 0.2) is 31.0 Å². The zero-order valence-corrected chi connectivity index (χ0v) is 12.9. The van der Waals surface area contributed by atoms with Crippen molar-refractivity contribution in [3.8, 4) is 0 Å². The summed E-state index contributed by atoms with van der Waals surface area (Å²) >= 11 is 12.3. The molecule has 6 heteroatoms. The van der Waals surface area contributed by atoms with Gasteiger partial charge in [-0.1, -0.05) is 23.2 Å². The Morgan fingerprint density at radius 2 is 1.80 bits per heavy atom. The van der Waals surface area contributed by atoms with E-state index in [1.54, 1.807) is 31.0 Å². The Labute approximate surface area is 128 Å². The summed E-state index contributed by atoms with van der Waals surface area (Å²) in [6, 6.07) is 0.298. The summed E-state index contributed by atoms with van der Waals surface area (Å²) in [5, 5.41) is 1.19. The van der Waals surface area contributed by atoms with Crippen LogP contribution in [0.3, 0.4) is 0 Å². The standard InChI is InChI=1S/C14H16Cl2N4/c1-10(5-11-6-17-3-4-19-11)20(2)9-12-13(15)7-18-8-14(12)16/h3-4,6-8,10H,5,9H2,1-2H3/t10-/m1/s1. The maximum atomic E-state index is 6.14. The average molecular weight is 311 g/mol. The molecule has 0 saturated carbocycles. The molecule has 0 amide bonds. The SMILES string of the molecule is C[C@H](Cc1cnccn1)N(C)Cc1c(Cl)cncc1Cl. The van der Waals surface area contributed by atoms with Crippen molar-refractivity contribution in [3.63, 3.8) is 0 Å². The molecule has 0 aromatic carbocycles. The molecule has 0 radical (unpaired) electrons. The van der Waals surface area contributed by atoms with Crippen LogP contribution in [0.1, 0.15) is 18.2 Å². The van der Waals surface area contributed by atoms with Gasteiger partial charge in [0.1, 0.15) is 0 Å². The molecule has 2 aromatic rings. The second-order valence-electron chi connectivity index (χ2n) is 4.75. The predicted octanol–water partition coefficient (Wildman–Crippen LogP) is 3.24. The van der Waals surface area contributed by atoms with Gasteiger partial charge in [0.2, 0.25) is 0 Å². The summed E-state index contributed by atoms with van der Waals surface area (Å²) < 4.78 is 0. The molecule has 106 valence electrons. The third-order valence-electron chi connectivity index (χ3n) is 3.23. The maximum Gasteiger partial charge on any atom is 0.0649 e. The van der Waals surface area contributed by atoms with Gasteiger partial charge < -0.3 is 0 Å². The molecule has 0 bridgehead atoms. The molecule has 4 nitrogen and oxygen atoms in total. The Bertz CT molecular complexity index is 542. The zero-order valence-electron chi connectivity index (χ0n) is 11.4. The lowest BCUT2D eigenvalue weighted by atomic mass is 10.1. The molecular formula is C14H16Cl2N4. The molecule has 0 aliphatic heterocycles. The van der Waals surface area contributed by atoms with Crippen molar-refractivity contribution in [2.45, 2.75) is 25.9 Å². The van der Waals surface area contributed by atoms with Crippen LogP contribution in [0, 0.1) is 0 Å². The van der Waals surface area contributed by atoms with Crippen molar-refractivity contribution in [2.24, 2.45) is 0 Å². The van der Waals surface area contributed by atoms with E-state index >= 15 is 0 Å². The van der Waals surface area contributed by atoms with E-state index < -0.39 is 0 Å². The van der Waals surface area contributed by atoms with E-state index in [1.807, 2.05) is 7.05 Å². The highest BCUT2D eigenvalue weighted by molar-refractivity contribution is 6.35. The van der Waals surface area contributed by atoms with Gasteiger partial charge in [0.15, 0.2) is 0 Å². The summed E-state index contributed by atoms with van der Waals surface area (Å²) in [6.45, 7) is 2.80. The highest BCUT2D eigenvalue weighted by Crippen LogP contribution is 2.24. The van der Waals surface area contributed by atoms with Gasteiger partial charge in [0, 0.05) is 55.6 Å². The van der Waals surface area contributed by atoms with E-state index in [0.29, 0.717) is 22.6 Å². The van der Waals surface area contributed by atoms with Gasteiger partial charge in [-0.3, -0.25) is 19.9 Å². The third kappa shape index (κ3) is 3.88. The lowest BCUT2D eigenvalue weighted by molar-refractivity contribution is 0.247. The molecule has 0 fully saturated rings. The Morgan fingerprint density at radius 3 is 2.40 bits per heavy atom. The van der Waals surface area contributed by atoms with Crippen LogP contribution in [0.4, 0.5) is 0 Å². The first-order valence-corrected chi connectivity index (χ1v) is 7.06. The number of likely N-dealkylation sites (N-methyl/N-ethyl adjacent to an activating group) is 1. The van der Waals surface area contributed by atoms with Crippen molar-refractivity contribution >= 4 is 23.2 Å². The highest BCUT2D eigenvalue weighted by atomic mass is 35.5. The Morgan fingerprint density at radius 1 is 1.10 bits per heavy atom. The van der Waals surface area contributed by atoms with Crippen LogP contribution in [-0.4, -0.2) is 32.9 Å². The van der Waals surface area contributed by atoms with Crippen LogP contribution in [0.2, 0.25) is 10.0 Å². The highest BCUT2D eigenvalue weighted by Gasteiger charge is 2.15. The fourth-order valence-electron chi connectivity index (χ4n) is 1.89. The molecule has 0 spiro atoms. The number of halogens is 2. The van der Waals surface area contributed by atoms with Crippen LogP contribution in [0.5, 0.6) is 0 Å². The lowest BCUT2D eigenvalue weighted by Gasteiger charge is -2.25. The minimum atomic E-state index is 0.298. The molecule has 2 heterocycles. The first-order chi connectivity index (χ1) is 9.58. The molecule has 0 saturated heterocycles. The van der Waals surface area contributed by atoms with E-state index in [-0.39, 0.29) is 0 Å². The summed E-state index contributed by atoms with van der Waals surface area (Å²) in [6.07, 6.45) is 9.22. The number of rotatable bonds is 5. The minimum Gasteiger partial charge on any atom is -0.299 e. The lowest BCUT2D eigenvalue weighted by Crippen LogP contribution is -2.31. The topological polar surface area (TPSA) is 41.9 Å². The van der Waals surface area contributed by atoms with Gasteiger partial charge in [-0.2, -0.15) is 0 Å².